The number of rotatable bonds is 4. The van der Waals surface area contributed by atoms with Crippen molar-refractivity contribution in [2.75, 3.05) is 39.8 Å². The van der Waals surface area contributed by atoms with Crippen LogP contribution in [0.5, 0.6) is 5.75 Å². The molecule has 1 aliphatic heterocycles. The second kappa shape index (κ2) is 6.41. The molecule has 0 amide bonds. The van der Waals surface area contributed by atoms with Crippen molar-refractivity contribution in [1.29, 1.82) is 0 Å². The second-order valence-electron chi connectivity index (χ2n) is 4.76. The van der Waals surface area contributed by atoms with Gasteiger partial charge in [0.2, 0.25) is 0 Å². The number of nitrogens with one attached hydrogen (secondary N) is 1. The van der Waals surface area contributed by atoms with Crippen LogP contribution in [0.1, 0.15) is 11.1 Å². The number of halogens is 1. The van der Waals surface area contributed by atoms with Crippen LogP contribution in [-0.2, 0) is 6.42 Å². The van der Waals surface area contributed by atoms with Crippen LogP contribution in [0.15, 0.2) is 12.1 Å². The summed E-state index contributed by atoms with van der Waals surface area (Å²) in [5.41, 5.74) is 2.28. The molecular formula is C14H21ClN2O. The van der Waals surface area contributed by atoms with Gasteiger partial charge in [-0.2, -0.15) is 0 Å². The number of hydrogen-bond donors (Lipinski definition) is 1. The Balaban J connectivity index is 2.01. The predicted octanol–water partition coefficient (Wildman–Crippen LogP) is 2.10. The molecule has 0 aliphatic carbocycles. The van der Waals surface area contributed by atoms with E-state index < -0.39 is 0 Å². The van der Waals surface area contributed by atoms with Crippen molar-refractivity contribution in [2.24, 2.45) is 0 Å². The highest BCUT2D eigenvalue weighted by Gasteiger charge is 2.12. The molecule has 1 fully saturated rings. The van der Waals surface area contributed by atoms with Gasteiger partial charge in [-0.15, -0.1) is 0 Å². The third-order valence-corrected chi connectivity index (χ3v) is 3.99. The van der Waals surface area contributed by atoms with Crippen LogP contribution >= 0.6 is 11.6 Å². The lowest BCUT2D eigenvalue weighted by Crippen LogP contribution is -2.44. The lowest BCUT2D eigenvalue weighted by molar-refractivity contribution is 0.244. The maximum Gasteiger partial charge on any atom is 0.119 e. The van der Waals surface area contributed by atoms with E-state index in [4.69, 9.17) is 16.3 Å². The normalized spacial score (nSPS) is 16.8. The number of benzene rings is 1. The van der Waals surface area contributed by atoms with Gasteiger partial charge in [-0.3, -0.25) is 0 Å². The van der Waals surface area contributed by atoms with E-state index in [1.54, 1.807) is 7.11 Å². The number of piperazine rings is 1. The van der Waals surface area contributed by atoms with Gasteiger partial charge in [0.25, 0.3) is 0 Å². The van der Waals surface area contributed by atoms with Crippen LogP contribution in [0.2, 0.25) is 5.02 Å². The molecule has 1 N–H and O–H groups in total. The molecule has 100 valence electrons. The van der Waals surface area contributed by atoms with Crippen molar-refractivity contribution in [2.45, 2.75) is 13.3 Å². The summed E-state index contributed by atoms with van der Waals surface area (Å²) in [6.07, 6.45) is 0.983. The molecular weight excluding hydrogens is 248 g/mol. The minimum atomic E-state index is 0.880. The highest BCUT2D eigenvalue weighted by atomic mass is 35.5. The third kappa shape index (κ3) is 3.37. The average Bonchev–Trinajstić information content (AvgIpc) is 2.41. The topological polar surface area (TPSA) is 24.5 Å². The third-order valence-electron chi connectivity index (χ3n) is 3.45. The summed E-state index contributed by atoms with van der Waals surface area (Å²) in [6.45, 7) is 7.52. The van der Waals surface area contributed by atoms with Crippen LogP contribution < -0.4 is 10.1 Å². The summed E-state index contributed by atoms with van der Waals surface area (Å²) in [4.78, 5) is 2.47. The summed E-state index contributed by atoms with van der Waals surface area (Å²) in [5, 5.41) is 4.24. The van der Waals surface area contributed by atoms with E-state index >= 15 is 0 Å². The Morgan fingerprint density at radius 3 is 2.72 bits per heavy atom. The fourth-order valence-electron chi connectivity index (χ4n) is 2.32. The summed E-state index contributed by atoms with van der Waals surface area (Å²) < 4.78 is 5.30. The average molecular weight is 269 g/mol. The van der Waals surface area contributed by atoms with Gasteiger partial charge in [0, 0.05) is 37.7 Å². The van der Waals surface area contributed by atoms with Crippen molar-refractivity contribution in [1.82, 2.24) is 10.2 Å². The quantitative estimate of drug-likeness (QED) is 0.905. The van der Waals surface area contributed by atoms with Gasteiger partial charge in [-0.25, -0.2) is 0 Å². The predicted molar refractivity (Wildman–Crippen MR) is 75.8 cm³/mol. The minimum absolute atomic E-state index is 0.880. The Bertz CT molecular complexity index is 403. The Kier molecular flexibility index (Phi) is 4.87. The monoisotopic (exact) mass is 268 g/mol. The fraction of sp³-hybridized carbons (Fsp3) is 0.571. The summed E-state index contributed by atoms with van der Waals surface area (Å²) in [6, 6.07) is 4.04. The molecule has 0 spiro atoms. The zero-order valence-corrected chi connectivity index (χ0v) is 11.9. The molecule has 0 bridgehead atoms. The van der Waals surface area contributed by atoms with E-state index in [0.29, 0.717) is 0 Å². The lowest BCUT2D eigenvalue weighted by atomic mass is 10.1. The van der Waals surface area contributed by atoms with Crippen LogP contribution in [0.4, 0.5) is 0 Å². The maximum atomic E-state index is 6.35. The maximum absolute atomic E-state index is 6.35. The van der Waals surface area contributed by atoms with E-state index in [1.165, 1.54) is 5.56 Å². The molecule has 1 saturated heterocycles. The molecule has 0 aromatic heterocycles. The van der Waals surface area contributed by atoms with Crippen molar-refractivity contribution in [3.8, 4) is 5.75 Å². The Labute approximate surface area is 114 Å². The Morgan fingerprint density at radius 1 is 1.33 bits per heavy atom. The van der Waals surface area contributed by atoms with Gasteiger partial charge in [0.05, 0.1) is 7.11 Å². The first-order chi connectivity index (χ1) is 8.70. The summed E-state index contributed by atoms with van der Waals surface area (Å²) in [5.74, 6) is 0.896. The molecule has 4 heteroatoms. The van der Waals surface area contributed by atoms with E-state index in [2.05, 4.69) is 16.3 Å². The van der Waals surface area contributed by atoms with Crippen LogP contribution in [0, 0.1) is 6.92 Å². The highest BCUT2D eigenvalue weighted by Crippen LogP contribution is 2.27. The first kappa shape index (κ1) is 13.7. The second-order valence-corrected chi connectivity index (χ2v) is 5.14. The van der Waals surface area contributed by atoms with Crippen molar-refractivity contribution >= 4 is 11.6 Å². The largest absolute Gasteiger partial charge is 0.497 e. The molecule has 18 heavy (non-hydrogen) atoms. The van der Waals surface area contributed by atoms with Gasteiger partial charge < -0.3 is 15.0 Å². The first-order valence-corrected chi connectivity index (χ1v) is 6.84. The number of ether oxygens (including phenoxy) is 1. The standard InChI is InChI=1S/C14H21ClN2O/c1-11-9-13(18-2)10-12(14(11)15)3-6-17-7-4-16-5-8-17/h9-10,16H,3-8H2,1-2H3. The molecule has 1 heterocycles. The SMILES string of the molecule is COc1cc(C)c(Cl)c(CCN2CCNCC2)c1. The van der Waals surface area contributed by atoms with Crippen LogP contribution in [-0.4, -0.2) is 44.7 Å². The Hall–Kier alpha value is -0.770. The molecule has 3 nitrogen and oxygen atoms in total. The van der Waals surface area contributed by atoms with Crippen molar-refractivity contribution in [3.05, 3.63) is 28.3 Å². The number of nitrogens with zero attached hydrogens (tertiary/aromatic N) is 1. The fourth-order valence-corrected chi connectivity index (χ4v) is 2.52. The Morgan fingerprint density at radius 2 is 2.06 bits per heavy atom. The van der Waals surface area contributed by atoms with E-state index in [1.807, 2.05) is 13.0 Å². The highest BCUT2D eigenvalue weighted by molar-refractivity contribution is 6.32. The molecule has 0 unspecified atom stereocenters. The van der Waals surface area contributed by atoms with E-state index in [9.17, 15) is 0 Å². The first-order valence-electron chi connectivity index (χ1n) is 6.47. The van der Waals surface area contributed by atoms with Gasteiger partial charge in [-0.05, 0) is 36.6 Å². The minimum Gasteiger partial charge on any atom is -0.497 e. The van der Waals surface area contributed by atoms with Crippen molar-refractivity contribution in [3.63, 3.8) is 0 Å². The summed E-state index contributed by atoms with van der Waals surface area (Å²) >= 11 is 6.35. The van der Waals surface area contributed by atoms with Gasteiger partial charge in [0.15, 0.2) is 0 Å². The zero-order valence-electron chi connectivity index (χ0n) is 11.1. The smallest absolute Gasteiger partial charge is 0.119 e. The van der Waals surface area contributed by atoms with Crippen LogP contribution in [0.3, 0.4) is 0 Å². The number of aryl methyl sites for hydroxylation is 1. The molecule has 0 atom stereocenters. The molecule has 0 saturated carbocycles. The molecule has 1 aromatic carbocycles. The zero-order chi connectivity index (χ0) is 13.0. The molecule has 0 radical (unpaired) electrons. The number of methoxy groups -OCH3 is 1. The van der Waals surface area contributed by atoms with Crippen molar-refractivity contribution < 1.29 is 4.74 Å². The van der Waals surface area contributed by atoms with Gasteiger partial charge >= 0.3 is 0 Å². The number of hydrogen-bond acceptors (Lipinski definition) is 3. The van der Waals surface area contributed by atoms with Gasteiger partial charge in [0.1, 0.15) is 5.75 Å². The van der Waals surface area contributed by atoms with E-state index in [0.717, 1.165) is 55.5 Å². The van der Waals surface area contributed by atoms with Gasteiger partial charge in [-0.1, -0.05) is 11.6 Å². The van der Waals surface area contributed by atoms with Crippen LogP contribution in [0.25, 0.3) is 0 Å². The molecule has 2 rings (SSSR count). The lowest BCUT2D eigenvalue weighted by Gasteiger charge is -2.27. The van der Waals surface area contributed by atoms with E-state index in [-0.39, 0.29) is 0 Å². The molecule has 1 aliphatic rings. The molecule has 1 aromatic rings. The summed E-state index contributed by atoms with van der Waals surface area (Å²) in [7, 11) is 1.70.